The number of hydrogen-bond acceptors (Lipinski definition) is 9. The van der Waals surface area contributed by atoms with Crippen LogP contribution in [0.4, 0.5) is 17.5 Å². The van der Waals surface area contributed by atoms with Gasteiger partial charge >= 0.3 is 5.97 Å². The monoisotopic (exact) mass is 469 g/mol. The maximum atomic E-state index is 11.2. The molecule has 33 heavy (non-hydrogen) atoms. The molecule has 0 saturated heterocycles. The number of nitrogens with one attached hydrogen (secondary N) is 2. The highest BCUT2D eigenvalue weighted by Crippen LogP contribution is 2.33. The summed E-state index contributed by atoms with van der Waals surface area (Å²) in [6.07, 6.45) is 0.650. The summed E-state index contributed by atoms with van der Waals surface area (Å²) in [6.45, 7) is 4.63. The number of benzene rings is 2. The molecule has 0 aliphatic heterocycles. The third-order valence-electron chi connectivity index (χ3n) is 4.85. The minimum atomic E-state index is -0.326. The van der Waals surface area contributed by atoms with Gasteiger partial charge in [0.15, 0.2) is 0 Å². The van der Waals surface area contributed by atoms with Crippen LogP contribution < -0.4 is 22.4 Å². The first-order valence-corrected chi connectivity index (χ1v) is 10.9. The van der Waals surface area contributed by atoms with Crippen LogP contribution >= 0.6 is 11.6 Å². The number of nitrogens with two attached hydrogens (primary N) is 2. The molecule has 0 saturated carbocycles. The number of ether oxygens (including phenoxy) is 1. The second kappa shape index (κ2) is 11.5. The van der Waals surface area contributed by atoms with Gasteiger partial charge in [0.05, 0.1) is 16.4 Å². The highest BCUT2D eigenvalue weighted by molar-refractivity contribution is 6.33. The van der Waals surface area contributed by atoms with E-state index >= 15 is 0 Å². The Kier molecular flexibility index (Phi) is 8.42. The van der Waals surface area contributed by atoms with Crippen LogP contribution in [0.5, 0.6) is 0 Å². The number of carbonyl (C=O) groups is 1. The predicted molar refractivity (Wildman–Crippen MR) is 131 cm³/mol. The van der Waals surface area contributed by atoms with Gasteiger partial charge in [0.1, 0.15) is 12.4 Å². The first-order valence-electron chi connectivity index (χ1n) is 10.5. The van der Waals surface area contributed by atoms with E-state index in [1.54, 1.807) is 6.07 Å². The molecule has 0 aliphatic carbocycles. The summed E-state index contributed by atoms with van der Waals surface area (Å²) in [5.41, 5.74) is 22.2. The molecule has 0 fully saturated rings. The van der Waals surface area contributed by atoms with E-state index in [1.165, 1.54) is 6.92 Å². The second-order valence-electron chi connectivity index (χ2n) is 7.32. The van der Waals surface area contributed by atoms with Gasteiger partial charge in [-0.05, 0) is 29.7 Å². The van der Waals surface area contributed by atoms with Gasteiger partial charge in [-0.25, -0.2) is 9.99 Å². The summed E-state index contributed by atoms with van der Waals surface area (Å²) in [6, 6.07) is 15.4. The lowest BCUT2D eigenvalue weighted by Gasteiger charge is -2.24. The topological polar surface area (TPSA) is 131 Å². The van der Waals surface area contributed by atoms with Crippen molar-refractivity contribution in [2.45, 2.75) is 26.8 Å². The molecule has 6 N–H and O–H groups in total. The van der Waals surface area contributed by atoms with Crippen molar-refractivity contribution in [3.8, 4) is 11.1 Å². The molecule has 2 aromatic carbocycles. The Labute approximate surface area is 198 Å². The van der Waals surface area contributed by atoms with Crippen molar-refractivity contribution in [2.75, 3.05) is 30.0 Å². The van der Waals surface area contributed by atoms with Crippen LogP contribution in [0.25, 0.3) is 11.1 Å². The number of carbonyl (C=O) groups excluding carboxylic acids is 1. The SMILES string of the molecule is CCc1nc(N)nc(N)c1-c1ccc(Cl)c(NNN(CCOC(C)=O)Cc2ccccc2)c1. The average Bonchev–Trinajstić information content (AvgIpc) is 2.78. The van der Waals surface area contributed by atoms with Gasteiger partial charge in [0.2, 0.25) is 5.95 Å². The van der Waals surface area contributed by atoms with Crippen molar-refractivity contribution in [3.05, 3.63) is 64.8 Å². The van der Waals surface area contributed by atoms with E-state index in [1.807, 2.05) is 54.4 Å². The van der Waals surface area contributed by atoms with Crippen molar-refractivity contribution in [1.82, 2.24) is 20.5 Å². The van der Waals surface area contributed by atoms with E-state index in [9.17, 15) is 4.79 Å². The van der Waals surface area contributed by atoms with Crippen LogP contribution in [0.3, 0.4) is 0 Å². The predicted octanol–water partition coefficient (Wildman–Crippen LogP) is 3.42. The molecule has 0 unspecified atom stereocenters. The van der Waals surface area contributed by atoms with Crippen molar-refractivity contribution in [1.29, 1.82) is 0 Å². The summed E-state index contributed by atoms with van der Waals surface area (Å²) in [7, 11) is 0. The molecule has 0 bridgehead atoms. The normalized spacial score (nSPS) is 10.9. The summed E-state index contributed by atoms with van der Waals surface area (Å²) in [4.78, 5) is 19.6. The number of nitrogen functional groups attached to an aromatic ring is 2. The average molecular weight is 470 g/mol. The largest absolute Gasteiger partial charge is 0.464 e. The van der Waals surface area contributed by atoms with Gasteiger partial charge in [-0.2, -0.15) is 10.5 Å². The highest BCUT2D eigenvalue weighted by atomic mass is 35.5. The van der Waals surface area contributed by atoms with E-state index in [4.69, 9.17) is 27.8 Å². The fourth-order valence-electron chi connectivity index (χ4n) is 3.31. The maximum Gasteiger partial charge on any atom is 0.302 e. The van der Waals surface area contributed by atoms with Gasteiger partial charge in [-0.15, -0.1) is 0 Å². The summed E-state index contributed by atoms with van der Waals surface area (Å²) < 4.78 is 5.10. The standard InChI is InChI=1S/C23H28ClN7O2/c1-3-19-21(22(25)28-23(26)27-19)17-9-10-18(24)20(13-17)29-30-31(11-12-33-15(2)32)14-16-7-5-4-6-8-16/h4-10,13,29-30H,3,11-12,14H2,1-2H3,(H4,25,26,27,28). The minimum absolute atomic E-state index is 0.145. The minimum Gasteiger partial charge on any atom is -0.464 e. The van der Waals surface area contributed by atoms with Crippen LogP contribution in [-0.4, -0.2) is 34.1 Å². The number of aromatic nitrogens is 2. The quantitative estimate of drug-likeness (QED) is 0.260. The van der Waals surface area contributed by atoms with E-state index < -0.39 is 0 Å². The van der Waals surface area contributed by atoms with Crippen LogP contribution in [0.2, 0.25) is 5.02 Å². The smallest absolute Gasteiger partial charge is 0.302 e. The van der Waals surface area contributed by atoms with Gasteiger partial charge in [0, 0.05) is 25.6 Å². The van der Waals surface area contributed by atoms with Gasteiger partial charge < -0.3 is 21.6 Å². The molecule has 9 nitrogen and oxygen atoms in total. The van der Waals surface area contributed by atoms with Crippen molar-refractivity contribution in [3.63, 3.8) is 0 Å². The molecule has 0 radical (unpaired) electrons. The van der Waals surface area contributed by atoms with Gasteiger partial charge in [0.25, 0.3) is 0 Å². The highest BCUT2D eigenvalue weighted by Gasteiger charge is 2.15. The summed E-state index contributed by atoms with van der Waals surface area (Å²) in [5, 5.41) is 2.40. The Bertz CT molecular complexity index is 1100. The Hall–Kier alpha value is -3.40. The van der Waals surface area contributed by atoms with Crippen molar-refractivity contribution in [2.24, 2.45) is 0 Å². The maximum absolute atomic E-state index is 11.2. The Morgan fingerprint density at radius 2 is 1.91 bits per heavy atom. The van der Waals surface area contributed by atoms with Crippen LogP contribution in [0.15, 0.2) is 48.5 Å². The molecular weight excluding hydrogens is 442 g/mol. The van der Waals surface area contributed by atoms with E-state index in [0.29, 0.717) is 36.0 Å². The fraction of sp³-hybridized carbons (Fsp3) is 0.261. The first-order chi connectivity index (χ1) is 15.9. The number of nitrogens with zero attached hydrogens (tertiary/aromatic N) is 3. The Morgan fingerprint density at radius 1 is 1.15 bits per heavy atom. The number of hydrogen-bond donors (Lipinski definition) is 4. The lowest BCUT2D eigenvalue weighted by molar-refractivity contribution is -0.141. The van der Waals surface area contributed by atoms with Crippen molar-refractivity contribution >= 4 is 35.0 Å². The zero-order valence-electron chi connectivity index (χ0n) is 18.6. The van der Waals surface area contributed by atoms with E-state index in [-0.39, 0.29) is 18.5 Å². The molecule has 10 heteroatoms. The molecule has 3 aromatic rings. The molecule has 0 amide bonds. The van der Waals surface area contributed by atoms with E-state index in [0.717, 1.165) is 22.4 Å². The van der Waals surface area contributed by atoms with Gasteiger partial charge in [-0.3, -0.25) is 4.79 Å². The van der Waals surface area contributed by atoms with Crippen LogP contribution in [-0.2, 0) is 22.5 Å². The molecule has 0 spiro atoms. The molecule has 174 valence electrons. The number of esters is 1. The Morgan fingerprint density at radius 3 is 2.61 bits per heavy atom. The molecule has 0 atom stereocenters. The molecule has 3 rings (SSSR count). The lowest BCUT2D eigenvalue weighted by atomic mass is 10.0. The lowest BCUT2D eigenvalue weighted by Crippen LogP contribution is -2.43. The third kappa shape index (κ3) is 6.79. The zero-order chi connectivity index (χ0) is 23.8. The molecule has 1 aromatic heterocycles. The number of halogens is 1. The van der Waals surface area contributed by atoms with E-state index in [2.05, 4.69) is 20.9 Å². The summed E-state index contributed by atoms with van der Waals surface area (Å²) >= 11 is 6.44. The molecule has 0 aliphatic rings. The zero-order valence-corrected chi connectivity index (χ0v) is 19.4. The molecular formula is C23H28ClN7O2. The number of rotatable bonds is 10. The van der Waals surface area contributed by atoms with Gasteiger partial charge in [-0.1, -0.05) is 54.9 Å². The van der Waals surface area contributed by atoms with Crippen LogP contribution in [0.1, 0.15) is 25.1 Å². The summed E-state index contributed by atoms with van der Waals surface area (Å²) in [5.74, 6) is 0.132. The number of hydrazine groups is 2. The van der Waals surface area contributed by atoms with Crippen molar-refractivity contribution < 1.29 is 9.53 Å². The third-order valence-corrected chi connectivity index (χ3v) is 5.18. The second-order valence-corrected chi connectivity index (χ2v) is 7.73. The Balaban J connectivity index is 1.80. The number of aryl methyl sites for hydroxylation is 1. The first kappa shape index (κ1) is 24.2. The fourth-order valence-corrected chi connectivity index (χ4v) is 3.48. The molecule has 1 heterocycles. The van der Waals surface area contributed by atoms with Crippen LogP contribution in [0, 0.1) is 0 Å². The number of anilines is 3.